The van der Waals surface area contributed by atoms with Crippen molar-refractivity contribution in [3.05, 3.63) is 63.2 Å². The van der Waals surface area contributed by atoms with Gasteiger partial charge in [0.15, 0.2) is 0 Å². The highest BCUT2D eigenvalue weighted by atomic mass is 16.6. The molecule has 20 heavy (non-hydrogen) atoms. The minimum Gasteiger partial charge on any atom is -0.508 e. The Hall–Kier alpha value is -2.56. The van der Waals surface area contributed by atoms with Crippen molar-refractivity contribution in [2.45, 2.75) is 20.4 Å². The fourth-order valence-corrected chi connectivity index (χ4v) is 2.08. The number of anilines is 1. The first-order chi connectivity index (χ1) is 9.49. The standard InChI is InChI=1S/C15H16N2O3/c1-10-7-11(2)14(17(19)20)8-13(10)16-9-12-5-3-4-6-15(12)18/h3-8,16,18H,9H2,1-2H3. The van der Waals surface area contributed by atoms with Crippen LogP contribution in [0.5, 0.6) is 5.75 Å². The molecular weight excluding hydrogens is 256 g/mol. The molecule has 2 aromatic carbocycles. The van der Waals surface area contributed by atoms with Crippen molar-refractivity contribution in [1.29, 1.82) is 0 Å². The lowest BCUT2D eigenvalue weighted by molar-refractivity contribution is -0.385. The molecule has 5 heteroatoms. The predicted octanol–water partition coefficient (Wildman–Crippen LogP) is 3.53. The molecule has 0 aliphatic rings. The first kappa shape index (κ1) is 13.9. The van der Waals surface area contributed by atoms with E-state index in [0.29, 0.717) is 17.8 Å². The zero-order valence-corrected chi connectivity index (χ0v) is 11.4. The molecule has 0 atom stereocenters. The molecule has 0 fully saturated rings. The summed E-state index contributed by atoms with van der Waals surface area (Å²) in [6.45, 7) is 4.02. The van der Waals surface area contributed by atoms with Gasteiger partial charge in [-0.1, -0.05) is 18.2 Å². The van der Waals surface area contributed by atoms with E-state index < -0.39 is 0 Å². The van der Waals surface area contributed by atoms with E-state index in [0.717, 1.165) is 11.1 Å². The van der Waals surface area contributed by atoms with Gasteiger partial charge in [-0.15, -0.1) is 0 Å². The van der Waals surface area contributed by atoms with Crippen LogP contribution in [-0.2, 0) is 6.54 Å². The number of aromatic hydroxyl groups is 1. The average Bonchev–Trinajstić information content (AvgIpc) is 2.39. The number of hydrogen-bond donors (Lipinski definition) is 2. The smallest absolute Gasteiger partial charge is 0.274 e. The molecular formula is C15H16N2O3. The predicted molar refractivity (Wildman–Crippen MR) is 78.0 cm³/mol. The van der Waals surface area contributed by atoms with Crippen LogP contribution in [0.15, 0.2) is 36.4 Å². The summed E-state index contributed by atoms with van der Waals surface area (Å²) in [6.07, 6.45) is 0. The number of nitrogens with zero attached hydrogens (tertiary/aromatic N) is 1. The zero-order valence-electron chi connectivity index (χ0n) is 11.4. The quantitative estimate of drug-likeness (QED) is 0.659. The van der Waals surface area contributed by atoms with Crippen LogP contribution in [0.3, 0.4) is 0 Å². The van der Waals surface area contributed by atoms with Gasteiger partial charge < -0.3 is 10.4 Å². The molecule has 0 aliphatic carbocycles. The van der Waals surface area contributed by atoms with Gasteiger partial charge in [0.1, 0.15) is 5.75 Å². The normalized spacial score (nSPS) is 10.3. The second-order valence-corrected chi connectivity index (χ2v) is 4.69. The molecule has 0 aromatic heterocycles. The summed E-state index contributed by atoms with van der Waals surface area (Å²) in [5.41, 5.74) is 3.11. The minimum atomic E-state index is -0.389. The molecule has 0 saturated heterocycles. The van der Waals surface area contributed by atoms with Crippen LogP contribution < -0.4 is 5.32 Å². The van der Waals surface area contributed by atoms with Crippen molar-refractivity contribution >= 4 is 11.4 Å². The van der Waals surface area contributed by atoms with E-state index in [9.17, 15) is 15.2 Å². The highest BCUT2D eigenvalue weighted by Gasteiger charge is 2.13. The SMILES string of the molecule is Cc1cc(C)c([N+](=O)[O-])cc1NCc1ccccc1O. The van der Waals surface area contributed by atoms with E-state index in [4.69, 9.17) is 0 Å². The van der Waals surface area contributed by atoms with Crippen LogP contribution in [0, 0.1) is 24.0 Å². The van der Waals surface area contributed by atoms with Crippen molar-refractivity contribution in [3.8, 4) is 5.75 Å². The molecule has 0 radical (unpaired) electrons. The van der Waals surface area contributed by atoms with Gasteiger partial charge in [0.2, 0.25) is 0 Å². The monoisotopic (exact) mass is 272 g/mol. The largest absolute Gasteiger partial charge is 0.508 e. The van der Waals surface area contributed by atoms with Crippen LogP contribution in [0.2, 0.25) is 0 Å². The van der Waals surface area contributed by atoms with E-state index in [-0.39, 0.29) is 16.4 Å². The van der Waals surface area contributed by atoms with Crippen LogP contribution in [0.4, 0.5) is 11.4 Å². The van der Waals surface area contributed by atoms with Crippen molar-refractivity contribution in [1.82, 2.24) is 0 Å². The Morgan fingerprint density at radius 3 is 2.55 bits per heavy atom. The number of hydrogen-bond acceptors (Lipinski definition) is 4. The van der Waals surface area contributed by atoms with Crippen molar-refractivity contribution in [3.63, 3.8) is 0 Å². The zero-order chi connectivity index (χ0) is 14.7. The molecule has 0 saturated carbocycles. The van der Waals surface area contributed by atoms with Crippen LogP contribution >= 0.6 is 0 Å². The molecule has 0 amide bonds. The van der Waals surface area contributed by atoms with Gasteiger partial charge in [0.25, 0.3) is 5.69 Å². The van der Waals surface area contributed by atoms with E-state index in [2.05, 4.69) is 5.32 Å². The molecule has 0 unspecified atom stereocenters. The van der Waals surface area contributed by atoms with Crippen molar-refractivity contribution < 1.29 is 10.0 Å². The van der Waals surface area contributed by atoms with Gasteiger partial charge in [-0.2, -0.15) is 0 Å². The lowest BCUT2D eigenvalue weighted by Crippen LogP contribution is -2.03. The van der Waals surface area contributed by atoms with Crippen LogP contribution in [0.25, 0.3) is 0 Å². The number of nitrogens with one attached hydrogen (secondary N) is 1. The van der Waals surface area contributed by atoms with Gasteiger partial charge in [0, 0.05) is 29.4 Å². The Kier molecular flexibility index (Phi) is 3.89. The van der Waals surface area contributed by atoms with E-state index in [1.807, 2.05) is 13.0 Å². The second-order valence-electron chi connectivity index (χ2n) is 4.69. The first-order valence-electron chi connectivity index (χ1n) is 6.25. The maximum atomic E-state index is 11.0. The molecule has 2 rings (SSSR count). The minimum absolute atomic E-state index is 0.0929. The Morgan fingerprint density at radius 1 is 1.20 bits per heavy atom. The van der Waals surface area contributed by atoms with Crippen molar-refractivity contribution in [2.75, 3.05) is 5.32 Å². The van der Waals surface area contributed by atoms with Crippen molar-refractivity contribution in [2.24, 2.45) is 0 Å². The van der Waals surface area contributed by atoms with Crippen LogP contribution in [0.1, 0.15) is 16.7 Å². The summed E-state index contributed by atoms with van der Waals surface area (Å²) in [5.74, 6) is 0.208. The molecule has 0 aliphatic heterocycles. The maximum Gasteiger partial charge on any atom is 0.274 e. The Labute approximate surface area is 117 Å². The van der Waals surface area contributed by atoms with Gasteiger partial charge >= 0.3 is 0 Å². The number of para-hydroxylation sites is 1. The van der Waals surface area contributed by atoms with Gasteiger partial charge in [-0.3, -0.25) is 10.1 Å². The summed E-state index contributed by atoms with van der Waals surface area (Å²) in [7, 11) is 0. The summed E-state index contributed by atoms with van der Waals surface area (Å²) in [6, 6.07) is 10.3. The molecule has 104 valence electrons. The molecule has 0 bridgehead atoms. The third kappa shape index (κ3) is 2.88. The number of phenolic OH excluding ortho intramolecular Hbond substituents is 1. The third-order valence-electron chi connectivity index (χ3n) is 3.20. The Morgan fingerprint density at radius 2 is 1.90 bits per heavy atom. The fourth-order valence-electron chi connectivity index (χ4n) is 2.08. The number of aryl methyl sites for hydroxylation is 2. The van der Waals surface area contributed by atoms with Gasteiger partial charge in [-0.25, -0.2) is 0 Å². The highest BCUT2D eigenvalue weighted by molar-refractivity contribution is 5.60. The topological polar surface area (TPSA) is 75.4 Å². The number of benzene rings is 2. The number of nitro groups is 1. The molecule has 0 heterocycles. The molecule has 5 nitrogen and oxygen atoms in total. The number of rotatable bonds is 4. The number of nitro benzene ring substituents is 1. The molecule has 2 aromatic rings. The Balaban J connectivity index is 2.24. The highest BCUT2D eigenvalue weighted by Crippen LogP contribution is 2.27. The fraction of sp³-hybridized carbons (Fsp3) is 0.200. The van der Waals surface area contributed by atoms with Gasteiger partial charge in [0.05, 0.1) is 4.92 Å². The van der Waals surface area contributed by atoms with Crippen LogP contribution in [-0.4, -0.2) is 10.0 Å². The maximum absolute atomic E-state index is 11.0. The Bertz CT molecular complexity index is 654. The van der Waals surface area contributed by atoms with E-state index >= 15 is 0 Å². The molecule has 0 spiro atoms. The van der Waals surface area contributed by atoms with E-state index in [1.54, 1.807) is 31.2 Å². The second kappa shape index (κ2) is 5.61. The van der Waals surface area contributed by atoms with E-state index in [1.165, 1.54) is 6.07 Å². The summed E-state index contributed by atoms with van der Waals surface area (Å²) in [4.78, 5) is 10.6. The third-order valence-corrected chi connectivity index (χ3v) is 3.20. The average molecular weight is 272 g/mol. The lowest BCUT2D eigenvalue weighted by atomic mass is 10.1. The summed E-state index contributed by atoms with van der Waals surface area (Å²) in [5, 5.41) is 23.8. The summed E-state index contributed by atoms with van der Waals surface area (Å²) < 4.78 is 0. The number of phenols is 1. The first-order valence-corrected chi connectivity index (χ1v) is 6.25. The molecule has 2 N–H and O–H groups in total. The van der Waals surface area contributed by atoms with Gasteiger partial charge in [-0.05, 0) is 31.5 Å². The summed E-state index contributed by atoms with van der Waals surface area (Å²) >= 11 is 0. The lowest BCUT2D eigenvalue weighted by Gasteiger charge is -2.11.